The Bertz CT molecular complexity index is 975. The van der Waals surface area contributed by atoms with E-state index in [0.717, 1.165) is 11.1 Å². The van der Waals surface area contributed by atoms with Gasteiger partial charge >= 0.3 is 11.9 Å². The number of nitrogens with zero attached hydrogens (tertiary/aromatic N) is 1. The number of benzene rings is 2. The van der Waals surface area contributed by atoms with Gasteiger partial charge in [-0.15, -0.1) is 0 Å². The van der Waals surface area contributed by atoms with Crippen LogP contribution in [0.2, 0.25) is 0 Å². The summed E-state index contributed by atoms with van der Waals surface area (Å²) in [5.41, 5.74) is 3.58. The smallest absolute Gasteiger partial charge is 0.355 e. The fourth-order valence-corrected chi connectivity index (χ4v) is 3.17. The van der Waals surface area contributed by atoms with Gasteiger partial charge in [-0.25, -0.2) is 9.59 Å². The molecule has 0 bridgehead atoms. The molecule has 0 aliphatic heterocycles. The van der Waals surface area contributed by atoms with Gasteiger partial charge in [0.05, 0.1) is 12.2 Å². The first-order chi connectivity index (χ1) is 13.5. The molecule has 3 rings (SSSR count). The quantitative estimate of drug-likeness (QED) is 0.592. The maximum atomic E-state index is 13.0. The summed E-state index contributed by atoms with van der Waals surface area (Å²) >= 11 is 0. The number of carbonyl (C=O) groups excluding carboxylic acids is 2. The SMILES string of the molecule is CCOC(=O)c1c(-c2ccccc2)c(C(=O)OCc2ccccc2)c(C)n1C. The predicted molar refractivity (Wildman–Crippen MR) is 107 cm³/mol. The number of rotatable bonds is 6. The number of aromatic nitrogens is 1. The van der Waals surface area contributed by atoms with E-state index in [9.17, 15) is 9.59 Å². The van der Waals surface area contributed by atoms with Crippen molar-refractivity contribution >= 4 is 11.9 Å². The third-order valence-electron chi connectivity index (χ3n) is 4.64. The van der Waals surface area contributed by atoms with Crippen molar-refractivity contribution in [2.24, 2.45) is 7.05 Å². The Morgan fingerprint density at radius 2 is 1.50 bits per heavy atom. The van der Waals surface area contributed by atoms with E-state index in [0.29, 0.717) is 22.5 Å². The molecule has 0 aliphatic rings. The van der Waals surface area contributed by atoms with Crippen LogP contribution in [0, 0.1) is 6.92 Å². The van der Waals surface area contributed by atoms with Gasteiger partial charge in [0, 0.05) is 18.3 Å². The summed E-state index contributed by atoms with van der Waals surface area (Å²) in [4.78, 5) is 25.6. The van der Waals surface area contributed by atoms with E-state index in [-0.39, 0.29) is 13.2 Å². The first-order valence-electron chi connectivity index (χ1n) is 9.17. The number of carbonyl (C=O) groups is 2. The van der Waals surface area contributed by atoms with Crippen LogP contribution in [0.3, 0.4) is 0 Å². The van der Waals surface area contributed by atoms with Crippen LogP contribution in [-0.2, 0) is 23.1 Å². The summed E-state index contributed by atoms with van der Waals surface area (Å²) in [7, 11) is 1.75. The standard InChI is InChI=1S/C23H23NO4/c1-4-27-23(26)21-20(18-13-9-6-10-14-18)19(16(2)24(21)3)22(25)28-15-17-11-7-5-8-12-17/h5-14H,4,15H2,1-3H3. The number of esters is 2. The molecule has 0 fully saturated rings. The molecule has 0 amide bonds. The van der Waals surface area contributed by atoms with Gasteiger partial charge in [-0.2, -0.15) is 0 Å². The van der Waals surface area contributed by atoms with E-state index < -0.39 is 11.9 Å². The zero-order valence-corrected chi connectivity index (χ0v) is 16.3. The zero-order chi connectivity index (χ0) is 20.1. The lowest BCUT2D eigenvalue weighted by Crippen LogP contribution is -2.11. The highest BCUT2D eigenvalue weighted by molar-refractivity contribution is 6.06. The first kappa shape index (κ1) is 19.4. The monoisotopic (exact) mass is 377 g/mol. The van der Waals surface area contributed by atoms with Crippen molar-refractivity contribution in [1.82, 2.24) is 4.57 Å². The molecule has 1 aromatic heterocycles. The summed E-state index contributed by atoms with van der Waals surface area (Å²) in [6.07, 6.45) is 0. The Hall–Kier alpha value is -3.34. The minimum Gasteiger partial charge on any atom is -0.461 e. The maximum absolute atomic E-state index is 13.0. The van der Waals surface area contributed by atoms with Crippen LogP contribution in [0.15, 0.2) is 60.7 Å². The lowest BCUT2D eigenvalue weighted by Gasteiger charge is -2.09. The summed E-state index contributed by atoms with van der Waals surface area (Å²) in [5, 5.41) is 0. The van der Waals surface area contributed by atoms with Gasteiger partial charge < -0.3 is 14.0 Å². The van der Waals surface area contributed by atoms with Gasteiger partial charge in [-0.05, 0) is 25.0 Å². The van der Waals surface area contributed by atoms with Crippen molar-refractivity contribution in [3.63, 3.8) is 0 Å². The number of ether oxygens (including phenoxy) is 2. The molecule has 0 radical (unpaired) electrons. The van der Waals surface area contributed by atoms with Crippen molar-refractivity contribution in [3.8, 4) is 11.1 Å². The fraction of sp³-hybridized carbons (Fsp3) is 0.217. The zero-order valence-electron chi connectivity index (χ0n) is 16.3. The van der Waals surface area contributed by atoms with Crippen LogP contribution in [-0.4, -0.2) is 23.1 Å². The summed E-state index contributed by atoms with van der Waals surface area (Å²) in [5.74, 6) is -0.930. The summed E-state index contributed by atoms with van der Waals surface area (Å²) in [6.45, 7) is 3.97. The number of hydrogen-bond donors (Lipinski definition) is 0. The highest BCUT2D eigenvalue weighted by Gasteiger charge is 2.30. The molecule has 5 heteroatoms. The van der Waals surface area contributed by atoms with E-state index >= 15 is 0 Å². The Labute approximate surface area is 164 Å². The molecule has 3 aromatic rings. The van der Waals surface area contributed by atoms with Gasteiger partial charge in [-0.1, -0.05) is 60.7 Å². The molecule has 0 aliphatic carbocycles. The lowest BCUT2D eigenvalue weighted by atomic mass is 10.00. The van der Waals surface area contributed by atoms with E-state index in [1.807, 2.05) is 60.7 Å². The minimum absolute atomic E-state index is 0.164. The topological polar surface area (TPSA) is 57.5 Å². The molecule has 144 valence electrons. The van der Waals surface area contributed by atoms with Crippen LogP contribution in [0.5, 0.6) is 0 Å². The van der Waals surface area contributed by atoms with Crippen molar-refractivity contribution in [3.05, 3.63) is 83.2 Å². The molecule has 0 saturated carbocycles. The first-order valence-corrected chi connectivity index (χ1v) is 9.17. The predicted octanol–water partition coefficient (Wildman–Crippen LogP) is 4.53. The van der Waals surface area contributed by atoms with Crippen LogP contribution in [0.25, 0.3) is 11.1 Å². The van der Waals surface area contributed by atoms with Crippen molar-refractivity contribution in [2.75, 3.05) is 6.61 Å². The Morgan fingerprint density at radius 3 is 2.11 bits per heavy atom. The Balaban J connectivity index is 2.05. The van der Waals surface area contributed by atoms with E-state index in [1.54, 1.807) is 25.5 Å². The molecule has 5 nitrogen and oxygen atoms in total. The molecular weight excluding hydrogens is 354 g/mol. The van der Waals surface area contributed by atoms with Gasteiger partial charge in [0.25, 0.3) is 0 Å². The molecule has 1 heterocycles. The molecule has 0 spiro atoms. The van der Waals surface area contributed by atoms with Crippen LogP contribution in [0.4, 0.5) is 0 Å². The molecule has 0 atom stereocenters. The highest BCUT2D eigenvalue weighted by Crippen LogP contribution is 2.33. The summed E-state index contributed by atoms with van der Waals surface area (Å²) in [6, 6.07) is 18.8. The molecule has 0 N–H and O–H groups in total. The largest absolute Gasteiger partial charge is 0.461 e. The second-order valence-corrected chi connectivity index (χ2v) is 6.39. The van der Waals surface area contributed by atoms with E-state index in [1.165, 1.54) is 0 Å². The number of hydrogen-bond acceptors (Lipinski definition) is 4. The van der Waals surface area contributed by atoms with Crippen LogP contribution >= 0.6 is 0 Å². The normalized spacial score (nSPS) is 10.5. The van der Waals surface area contributed by atoms with Gasteiger partial charge in [0.2, 0.25) is 0 Å². The summed E-state index contributed by atoms with van der Waals surface area (Å²) < 4.78 is 12.5. The van der Waals surface area contributed by atoms with Crippen LogP contribution in [0.1, 0.15) is 39.0 Å². The average Bonchev–Trinajstić information content (AvgIpc) is 2.99. The minimum atomic E-state index is -0.466. The molecule has 0 saturated heterocycles. The second kappa shape index (κ2) is 8.57. The molecule has 0 unspecified atom stereocenters. The van der Waals surface area contributed by atoms with Crippen LogP contribution < -0.4 is 0 Å². The fourth-order valence-electron chi connectivity index (χ4n) is 3.17. The highest BCUT2D eigenvalue weighted by atomic mass is 16.5. The second-order valence-electron chi connectivity index (χ2n) is 6.39. The van der Waals surface area contributed by atoms with Crippen molar-refractivity contribution in [2.45, 2.75) is 20.5 Å². The van der Waals surface area contributed by atoms with Gasteiger partial charge in [-0.3, -0.25) is 0 Å². The molecular formula is C23H23NO4. The average molecular weight is 377 g/mol. The van der Waals surface area contributed by atoms with Gasteiger partial charge in [0.1, 0.15) is 12.3 Å². The molecule has 2 aromatic carbocycles. The lowest BCUT2D eigenvalue weighted by molar-refractivity contribution is 0.0472. The van der Waals surface area contributed by atoms with Crippen molar-refractivity contribution < 1.29 is 19.1 Å². The molecule has 28 heavy (non-hydrogen) atoms. The Kier molecular flexibility index (Phi) is 5.94. The van der Waals surface area contributed by atoms with E-state index in [2.05, 4.69) is 0 Å². The Morgan fingerprint density at radius 1 is 0.893 bits per heavy atom. The van der Waals surface area contributed by atoms with Crippen molar-refractivity contribution in [1.29, 1.82) is 0 Å². The van der Waals surface area contributed by atoms with E-state index in [4.69, 9.17) is 9.47 Å². The maximum Gasteiger partial charge on any atom is 0.355 e. The van der Waals surface area contributed by atoms with Gasteiger partial charge in [0.15, 0.2) is 0 Å². The third kappa shape index (κ3) is 3.83. The third-order valence-corrected chi connectivity index (χ3v) is 4.64.